The molecule has 0 aromatic heterocycles. The largest absolute Gasteiger partial charge is 0.489 e. The summed E-state index contributed by atoms with van der Waals surface area (Å²) in [6.45, 7) is 2.44. The minimum Gasteiger partial charge on any atom is -0.489 e. The number of halogens is 4. The molecule has 0 aliphatic heterocycles. The van der Waals surface area contributed by atoms with E-state index < -0.39 is 5.41 Å². The first-order valence-electron chi connectivity index (χ1n) is 13.3. The van der Waals surface area contributed by atoms with Gasteiger partial charge in [-0.1, -0.05) is 60.7 Å². The van der Waals surface area contributed by atoms with Crippen LogP contribution in [-0.2, 0) is 5.41 Å². The van der Waals surface area contributed by atoms with Crippen LogP contribution in [0.3, 0.4) is 0 Å². The number of rotatable bonds is 10. The second-order valence-electron chi connectivity index (χ2n) is 9.95. The Balaban J connectivity index is 1.64. The lowest BCUT2D eigenvalue weighted by Gasteiger charge is -2.33. The van der Waals surface area contributed by atoms with E-state index in [1.54, 1.807) is 0 Å². The van der Waals surface area contributed by atoms with Gasteiger partial charge in [-0.2, -0.15) is 0 Å². The smallest absolute Gasteiger partial charge is 0.147 e. The highest BCUT2D eigenvalue weighted by atomic mass is 79.9. The first kappa shape index (κ1) is 31.2. The second kappa shape index (κ2) is 13.6. The van der Waals surface area contributed by atoms with Crippen LogP contribution in [0.5, 0.6) is 11.5 Å². The van der Waals surface area contributed by atoms with E-state index in [1.165, 1.54) is 10.8 Å². The molecule has 0 aliphatic rings. The minimum absolute atomic E-state index is 0.0747. The molecule has 8 heteroatoms. The van der Waals surface area contributed by atoms with Gasteiger partial charge < -0.3 is 19.7 Å². The van der Waals surface area contributed by atoms with Gasteiger partial charge in [-0.25, -0.2) is 0 Å². The molecular formula is C34H28Br4O4. The molecule has 0 heterocycles. The Bertz CT molecular complexity index is 1610. The van der Waals surface area contributed by atoms with Gasteiger partial charge in [-0.15, -0.1) is 0 Å². The van der Waals surface area contributed by atoms with Crippen molar-refractivity contribution >= 4 is 74.5 Å². The van der Waals surface area contributed by atoms with Gasteiger partial charge >= 0.3 is 0 Å². The van der Waals surface area contributed by atoms with Crippen molar-refractivity contribution < 1.29 is 19.7 Å². The van der Waals surface area contributed by atoms with Crippen molar-refractivity contribution in [1.29, 1.82) is 0 Å². The Kier molecular flexibility index (Phi) is 10.1. The normalized spacial score (nSPS) is 11.6. The van der Waals surface area contributed by atoms with Crippen LogP contribution in [0.4, 0.5) is 0 Å². The van der Waals surface area contributed by atoms with E-state index in [1.807, 2.05) is 0 Å². The van der Waals surface area contributed by atoms with Crippen LogP contribution >= 0.6 is 63.7 Å². The Morgan fingerprint density at radius 2 is 1.00 bits per heavy atom. The molecule has 42 heavy (non-hydrogen) atoms. The van der Waals surface area contributed by atoms with Crippen molar-refractivity contribution in [3.8, 4) is 22.6 Å². The Morgan fingerprint density at radius 3 is 1.48 bits per heavy atom. The molecule has 0 saturated carbocycles. The van der Waals surface area contributed by atoms with Gasteiger partial charge in [0.25, 0.3) is 0 Å². The Labute approximate surface area is 279 Å². The van der Waals surface area contributed by atoms with Gasteiger partial charge in [0, 0.05) is 5.41 Å². The van der Waals surface area contributed by atoms with Crippen molar-refractivity contribution in [2.45, 2.75) is 12.3 Å². The number of aliphatic hydroxyl groups excluding tert-OH is 2. The lowest BCUT2D eigenvalue weighted by molar-refractivity contribution is 0.200. The zero-order chi connectivity index (χ0) is 29.9. The first-order chi connectivity index (χ1) is 20.3. The molecule has 216 valence electrons. The maximum Gasteiger partial charge on any atom is 0.147 e. The first-order valence-corrected chi connectivity index (χ1v) is 16.5. The molecule has 5 rings (SSSR count). The van der Waals surface area contributed by atoms with Crippen molar-refractivity contribution in [3.63, 3.8) is 0 Å². The Hall–Kier alpha value is -2.20. The summed E-state index contributed by atoms with van der Waals surface area (Å²) in [5.41, 5.74) is 4.85. The highest BCUT2D eigenvalue weighted by Crippen LogP contribution is 2.47. The van der Waals surface area contributed by atoms with Crippen molar-refractivity contribution in [2.75, 3.05) is 26.4 Å². The maximum atomic E-state index is 9.29. The van der Waals surface area contributed by atoms with Crippen molar-refractivity contribution in [3.05, 3.63) is 126 Å². The van der Waals surface area contributed by atoms with Crippen molar-refractivity contribution in [2.24, 2.45) is 0 Å². The van der Waals surface area contributed by atoms with Crippen LogP contribution < -0.4 is 9.47 Å². The van der Waals surface area contributed by atoms with E-state index in [0.29, 0.717) is 11.5 Å². The zero-order valence-corrected chi connectivity index (χ0v) is 29.1. The minimum atomic E-state index is -0.594. The van der Waals surface area contributed by atoms with Crippen LogP contribution in [0, 0.1) is 0 Å². The quantitative estimate of drug-likeness (QED) is 0.138. The summed E-state index contributed by atoms with van der Waals surface area (Å²) < 4.78 is 14.7. The van der Waals surface area contributed by atoms with E-state index in [0.717, 1.165) is 45.7 Å². The van der Waals surface area contributed by atoms with Crippen LogP contribution in [0.1, 0.15) is 23.6 Å². The summed E-state index contributed by atoms with van der Waals surface area (Å²) in [6.07, 6.45) is 0. The molecule has 5 aromatic rings. The number of fused-ring (bicyclic) bond motifs is 1. The van der Waals surface area contributed by atoms with Gasteiger partial charge in [0.05, 0.1) is 31.1 Å². The van der Waals surface area contributed by atoms with Gasteiger partial charge in [0.2, 0.25) is 0 Å². The molecule has 5 aromatic carbocycles. The van der Waals surface area contributed by atoms with E-state index in [2.05, 4.69) is 162 Å². The number of aliphatic hydroxyl groups is 2. The van der Waals surface area contributed by atoms with Gasteiger partial charge in [-0.3, -0.25) is 0 Å². The van der Waals surface area contributed by atoms with Crippen LogP contribution in [0.2, 0.25) is 0 Å². The molecule has 0 spiro atoms. The molecule has 0 aliphatic carbocycles. The van der Waals surface area contributed by atoms with Crippen LogP contribution in [0.15, 0.2) is 109 Å². The predicted octanol–water partition coefficient (Wildman–Crippen LogP) is 9.65. The van der Waals surface area contributed by atoms with E-state index >= 15 is 0 Å². The third-order valence-corrected chi connectivity index (χ3v) is 9.73. The summed E-state index contributed by atoms with van der Waals surface area (Å²) in [5.74, 6) is 1.27. The van der Waals surface area contributed by atoms with Gasteiger partial charge in [-0.05, 0) is 140 Å². The fourth-order valence-corrected chi connectivity index (χ4v) is 7.96. The monoisotopic (exact) mass is 816 g/mol. The molecule has 0 bridgehead atoms. The number of benzene rings is 5. The third-order valence-electron chi connectivity index (χ3n) is 7.37. The number of hydrogen-bond donors (Lipinski definition) is 2. The molecule has 0 atom stereocenters. The highest BCUT2D eigenvalue weighted by Gasteiger charge is 2.34. The summed E-state index contributed by atoms with van der Waals surface area (Å²) in [7, 11) is 0. The average Bonchev–Trinajstić information content (AvgIpc) is 2.99. The van der Waals surface area contributed by atoms with Crippen LogP contribution in [-0.4, -0.2) is 36.6 Å². The zero-order valence-electron chi connectivity index (χ0n) is 22.7. The third kappa shape index (κ3) is 6.35. The fraction of sp³-hybridized carbons (Fsp3) is 0.176. The fourth-order valence-electron chi connectivity index (χ4n) is 5.13. The average molecular weight is 820 g/mol. The van der Waals surface area contributed by atoms with Gasteiger partial charge in [0.15, 0.2) is 0 Å². The molecule has 0 unspecified atom stereocenters. The summed E-state index contributed by atoms with van der Waals surface area (Å²) in [6, 6.07) is 31.9. The molecule has 4 nitrogen and oxygen atoms in total. The predicted molar refractivity (Wildman–Crippen MR) is 184 cm³/mol. The highest BCUT2D eigenvalue weighted by molar-refractivity contribution is 9.11. The van der Waals surface area contributed by atoms with Crippen LogP contribution in [0.25, 0.3) is 21.9 Å². The lowest BCUT2D eigenvalue weighted by atomic mass is 9.71. The summed E-state index contributed by atoms with van der Waals surface area (Å²) >= 11 is 14.8. The SMILES string of the molecule is CC(c1ccc(-c2ccc3ccccc3c2)cc1)(c1cc(Br)c(OCCO)c(Br)c1)c1cc(Br)c(OCCO)c(Br)c1. The topological polar surface area (TPSA) is 58.9 Å². The summed E-state index contributed by atoms with van der Waals surface area (Å²) in [4.78, 5) is 0. The number of ether oxygens (including phenoxy) is 2. The second-order valence-corrected chi connectivity index (χ2v) is 13.4. The maximum absolute atomic E-state index is 9.29. The standard InChI is InChI=1S/C34H28Br4O4/c1-34(26-17-28(35)32(29(36)18-26)41-14-12-39,27-19-30(37)33(31(38)20-27)42-15-13-40)25-10-8-22(9-11-25)24-7-6-21-4-2-3-5-23(21)16-24/h2-11,16-20,39-40H,12-15H2,1H3. The van der Waals surface area contributed by atoms with E-state index in [9.17, 15) is 10.2 Å². The van der Waals surface area contributed by atoms with E-state index in [-0.39, 0.29) is 26.4 Å². The molecule has 0 saturated heterocycles. The molecule has 0 amide bonds. The molecule has 0 radical (unpaired) electrons. The molecular weight excluding hydrogens is 792 g/mol. The molecule has 2 N–H and O–H groups in total. The van der Waals surface area contributed by atoms with Crippen molar-refractivity contribution in [1.82, 2.24) is 0 Å². The Morgan fingerprint density at radius 1 is 0.548 bits per heavy atom. The van der Waals surface area contributed by atoms with Gasteiger partial charge in [0.1, 0.15) is 24.7 Å². The lowest BCUT2D eigenvalue weighted by Crippen LogP contribution is -2.26. The molecule has 0 fully saturated rings. The summed E-state index contributed by atoms with van der Waals surface area (Å²) in [5, 5.41) is 21.0. The van der Waals surface area contributed by atoms with E-state index in [4.69, 9.17) is 9.47 Å². The number of hydrogen-bond acceptors (Lipinski definition) is 4.